The summed E-state index contributed by atoms with van der Waals surface area (Å²) in [5.74, 6) is -1.15. The Morgan fingerprint density at radius 3 is 2.48 bits per heavy atom. The number of hydrogen-bond donors (Lipinski definition) is 2. The number of benzene rings is 2. The second-order valence-electron chi connectivity index (χ2n) is 5.19. The van der Waals surface area contributed by atoms with Crippen molar-refractivity contribution in [3.05, 3.63) is 59.2 Å². The number of guanidine groups is 1. The molecule has 0 heterocycles. The minimum absolute atomic E-state index is 0.0116. The Labute approximate surface area is 134 Å². The molecule has 0 aliphatic heterocycles. The van der Waals surface area contributed by atoms with Gasteiger partial charge in [-0.05, 0) is 49.2 Å². The SMILES string of the molecule is Cc1cc(C)cc(NC(N)=NCCOc2ccc(F)cc2F)c1. The number of aryl methyl sites for hydroxylation is 2. The normalized spacial score (nSPS) is 11.4. The van der Waals surface area contributed by atoms with Gasteiger partial charge >= 0.3 is 0 Å². The van der Waals surface area contributed by atoms with E-state index in [0.29, 0.717) is 0 Å². The van der Waals surface area contributed by atoms with Gasteiger partial charge in [-0.2, -0.15) is 0 Å². The second-order valence-corrected chi connectivity index (χ2v) is 5.19. The summed E-state index contributed by atoms with van der Waals surface area (Å²) in [7, 11) is 0. The summed E-state index contributed by atoms with van der Waals surface area (Å²) in [6.45, 7) is 4.38. The highest BCUT2D eigenvalue weighted by atomic mass is 19.1. The van der Waals surface area contributed by atoms with Crippen molar-refractivity contribution in [2.45, 2.75) is 13.8 Å². The van der Waals surface area contributed by atoms with Gasteiger partial charge in [-0.25, -0.2) is 13.8 Å². The molecule has 0 spiro atoms. The first-order chi connectivity index (χ1) is 10.9. The van der Waals surface area contributed by atoms with Crippen LogP contribution in [-0.2, 0) is 0 Å². The zero-order valence-corrected chi connectivity index (χ0v) is 13.1. The van der Waals surface area contributed by atoms with Crippen molar-refractivity contribution in [2.75, 3.05) is 18.5 Å². The molecule has 0 fully saturated rings. The molecule has 6 heteroatoms. The minimum Gasteiger partial charge on any atom is -0.489 e. The highest BCUT2D eigenvalue weighted by Gasteiger charge is 2.04. The van der Waals surface area contributed by atoms with Crippen LogP contribution >= 0.6 is 0 Å². The molecule has 0 aliphatic carbocycles. The Hall–Kier alpha value is -2.63. The highest BCUT2D eigenvalue weighted by molar-refractivity contribution is 5.92. The molecule has 4 nitrogen and oxygen atoms in total. The molecule has 2 rings (SSSR count). The van der Waals surface area contributed by atoms with Crippen molar-refractivity contribution in [2.24, 2.45) is 10.7 Å². The molecule has 122 valence electrons. The van der Waals surface area contributed by atoms with E-state index in [0.717, 1.165) is 28.9 Å². The molecule has 0 atom stereocenters. The number of hydrogen-bond acceptors (Lipinski definition) is 2. The van der Waals surface area contributed by atoms with E-state index in [1.807, 2.05) is 26.0 Å². The molecular formula is C17H19F2N3O. The van der Waals surface area contributed by atoms with E-state index in [2.05, 4.69) is 16.4 Å². The van der Waals surface area contributed by atoms with Crippen LogP contribution in [-0.4, -0.2) is 19.1 Å². The Morgan fingerprint density at radius 2 is 1.83 bits per heavy atom. The summed E-state index contributed by atoms with van der Waals surface area (Å²) in [6.07, 6.45) is 0. The quantitative estimate of drug-likeness (QED) is 0.504. The number of ether oxygens (including phenoxy) is 1. The number of anilines is 1. The number of rotatable bonds is 5. The van der Waals surface area contributed by atoms with E-state index in [4.69, 9.17) is 10.5 Å². The lowest BCUT2D eigenvalue weighted by Crippen LogP contribution is -2.23. The minimum atomic E-state index is -0.740. The summed E-state index contributed by atoms with van der Waals surface area (Å²) in [6, 6.07) is 9.13. The summed E-state index contributed by atoms with van der Waals surface area (Å²) in [5.41, 5.74) is 8.89. The lowest BCUT2D eigenvalue weighted by atomic mass is 10.1. The highest BCUT2D eigenvalue weighted by Crippen LogP contribution is 2.17. The number of nitrogens with two attached hydrogens (primary N) is 1. The van der Waals surface area contributed by atoms with E-state index in [9.17, 15) is 8.78 Å². The second kappa shape index (κ2) is 7.58. The number of nitrogens with zero attached hydrogens (tertiary/aromatic N) is 1. The molecular weight excluding hydrogens is 300 g/mol. The average Bonchev–Trinajstić information content (AvgIpc) is 2.44. The average molecular weight is 319 g/mol. The van der Waals surface area contributed by atoms with Crippen LogP contribution in [0.25, 0.3) is 0 Å². The third-order valence-electron chi connectivity index (χ3n) is 3.02. The van der Waals surface area contributed by atoms with Crippen molar-refractivity contribution in [3.63, 3.8) is 0 Å². The van der Waals surface area contributed by atoms with E-state index in [1.54, 1.807) is 0 Å². The van der Waals surface area contributed by atoms with E-state index >= 15 is 0 Å². The molecule has 0 aromatic heterocycles. The lowest BCUT2D eigenvalue weighted by Gasteiger charge is -2.09. The Balaban J connectivity index is 1.85. The molecule has 2 aromatic rings. The molecule has 0 saturated carbocycles. The molecule has 23 heavy (non-hydrogen) atoms. The first kappa shape index (κ1) is 16.7. The van der Waals surface area contributed by atoms with Crippen LogP contribution in [0.2, 0.25) is 0 Å². The maximum atomic E-state index is 13.4. The van der Waals surface area contributed by atoms with Crippen molar-refractivity contribution in [1.82, 2.24) is 0 Å². The summed E-state index contributed by atoms with van der Waals surface area (Å²) in [4.78, 5) is 4.10. The van der Waals surface area contributed by atoms with Gasteiger partial charge in [-0.15, -0.1) is 0 Å². The Bertz CT molecular complexity index is 697. The van der Waals surface area contributed by atoms with Crippen LogP contribution < -0.4 is 15.8 Å². The van der Waals surface area contributed by atoms with Crippen LogP contribution in [0.1, 0.15) is 11.1 Å². The maximum Gasteiger partial charge on any atom is 0.193 e. The van der Waals surface area contributed by atoms with Gasteiger partial charge in [0, 0.05) is 11.8 Å². The monoisotopic (exact) mass is 319 g/mol. The third-order valence-corrected chi connectivity index (χ3v) is 3.02. The summed E-state index contributed by atoms with van der Waals surface area (Å²) in [5, 5.41) is 2.99. The van der Waals surface area contributed by atoms with Crippen molar-refractivity contribution in [3.8, 4) is 5.75 Å². The molecule has 0 bridgehead atoms. The van der Waals surface area contributed by atoms with Crippen molar-refractivity contribution >= 4 is 11.6 Å². The summed E-state index contributed by atoms with van der Waals surface area (Å²) < 4.78 is 31.3. The Morgan fingerprint density at radius 1 is 1.13 bits per heavy atom. The zero-order valence-electron chi connectivity index (χ0n) is 13.1. The van der Waals surface area contributed by atoms with Gasteiger partial charge in [0.25, 0.3) is 0 Å². The number of halogens is 2. The Kier molecular flexibility index (Phi) is 5.51. The van der Waals surface area contributed by atoms with Gasteiger partial charge in [-0.1, -0.05) is 6.07 Å². The standard InChI is InChI=1S/C17H19F2N3O/c1-11-7-12(2)9-14(8-11)22-17(20)21-5-6-23-16-4-3-13(18)10-15(16)19/h3-4,7-10H,5-6H2,1-2H3,(H3,20,21,22). The fourth-order valence-electron chi connectivity index (χ4n) is 2.15. The van der Waals surface area contributed by atoms with Crippen molar-refractivity contribution < 1.29 is 13.5 Å². The molecule has 0 radical (unpaired) electrons. The van der Waals surface area contributed by atoms with Gasteiger partial charge in [0.15, 0.2) is 17.5 Å². The van der Waals surface area contributed by atoms with E-state index in [-0.39, 0.29) is 24.9 Å². The largest absolute Gasteiger partial charge is 0.489 e. The van der Waals surface area contributed by atoms with Crippen LogP contribution in [0.15, 0.2) is 41.4 Å². The number of nitrogens with one attached hydrogen (secondary N) is 1. The predicted molar refractivity (Wildman–Crippen MR) is 87.9 cm³/mol. The van der Waals surface area contributed by atoms with Crippen LogP contribution in [0.5, 0.6) is 5.75 Å². The fraction of sp³-hybridized carbons (Fsp3) is 0.235. The molecule has 0 saturated heterocycles. The van der Waals surface area contributed by atoms with E-state index in [1.165, 1.54) is 6.07 Å². The molecule has 2 aromatic carbocycles. The molecule has 0 aliphatic rings. The first-order valence-corrected chi connectivity index (χ1v) is 7.17. The lowest BCUT2D eigenvalue weighted by molar-refractivity contribution is 0.310. The first-order valence-electron chi connectivity index (χ1n) is 7.17. The molecule has 0 unspecified atom stereocenters. The van der Waals surface area contributed by atoms with Gasteiger partial charge in [-0.3, -0.25) is 0 Å². The van der Waals surface area contributed by atoms with Gasteiger partial charge in [0.1, 0.15) is 12.4 Å². The third kappa shape index (κ3) is 5.25. The number of aliphatic imine (C=N–C) groups is 1. The predicted octanol–water partition coefficient (Wildman–Crippen LogP) is 3.39. The fourth-order valence-corrected chi connectivity index (χ4v) is 2.15. The maximum absolute atomic E-state index is 13.4. The molecule has 0 amide bonds. The molecule has 3 N–H and O–H groups in total. The van der Waals surface area contributed by atoms with E-state index < -0.39 is 11.6 Å². The van der Waals surface area contributed by atoms with Gasteiger partial charge in [0.05, 0.1) is 6.54 Å². The van der Waals surface area contributed by atoms with Crippen LogP contribution in [0.3, 0.4) is 0 Å². The van der Waals surface area contributed by atoms with Crippen LogP contribution in [0.4, 0.5) is 14.5 Å². The van der Waals surface area contributed by atoms with Crippen molar-refractivity contribution in [1.29, 1.82) is 0 Å². The van der Waals surface area contributed by atoms with Crippen LogP contribution in [0, 0.1) is 25.5 Å². The summed E-state index contributed by atoms with van der Waals surface area (Å²) >= 11 is 0. The van der Waals surface area contributed by atoms with Gasteiger partial charge in [0.2, 0.25) is 0 Å². The topological polar surface area (TPSA) is 59.6 Å². The smallest absolute Gasteiger partial charge is 0.193 e. The zero-order chi connectivity index (χ0) is 16.8. The van der Waals surface area contributed by atoms with Gasteiger partial charge < -0.3 is 15.8 Å².